The molecule has 88 valence electrons. The first kappa shape index (κ1) is 11.4. The van der Waals surface area contributed by atoms with Crippen molar-refractivity contribution in [1.29, 1.82) is 0 Å². The van der Waals surface area contributed by atoms with Crippen LogP contribution in [0.1, 0.15) is 32.6 Å². The Kier molecular flexibility index (Phi) is 4.00. The van der Waals surface area contributed by atoms with Crippen molar-refractivity contribution in [3.8, 4) is 0 Å². The molecule has 2 heterocycles. The molecule has 0 radical (unpaired) electrons. The van der Waals surface area contributed by atoms with Crippen molar-refractivity contribution in [3.05, 3.63) is 0 Å². The molecule has 2 N–H and O–H groups in total. The summed E-state index contributed by atoms with van der Waals surface area (Å²) < 4.78 is 0. The lowest BCUT2D eigenvalue weighted by atomic mass is 9.92. The van der Waals surface area contributed by atoms with Gasteiger partial charge < -0.3 is 15.3 Å². The van der Waals surface area contributed by atoms with Crippen LogP contribution in [0.4, 0.5) is 0 Å². The third-order valence-electron chi connectivity index (χ3n) is 3.96. The Balaban J connectivity index is 1.68. The number of nitrogens with one attached hydrogen (secondary N) is 1. The van der Waals surface area contributed by atoms with Gasteiger partial charge in [-0.1, -0.05) is 0 Å². The van der Waals surface area contributed by atoms with Gasteiger partial charge in [0.15, 0.2) is 0 Å². The van der Waals surface area contributed by atoms with Gasteiger partial charge in [-0.3, -0.25) is 0 Å². The van der Waals surface area contributed by atoms with Gasteiger partial charge in [-0.15, -0.1) is 0 Å². The summed E-state index contributed by atoms with van der Waals surface area (Å²) in [6.07, 6.45) is 4.91. The Labute approximate surface area is 92.8 Å². The average molecular weight is 212 g/mol. The minimum atomic E-state index is -0.114. The summed E-state index contributed by atoms with van der Waals surface area (Å²) in [5, 5.41) is 13.1. The highest BCUT2D eigenvalue weighted by molar-refractivity contribution is 4.81. The van der Waals surface area contributed by atoms with E-state index >= 15 is 0 Å². The molecule has 2 rings (SSSR count). The van der Waals surface area contributed by atoms with Crippen LogP contribution in [0.15, 0.2) is 0 Å². The fourth-order valence-electron chi connectivity index (χ4n) is 2.84. The van der Waals surface area contributed by atoms with Gasteiger partial charge in [-0.25, -0.2) is 0 Å². The Morgan fingerprint density at radius 3 is 2.60 bits per heavy atom. The van der Waals surface area contributed by atoms with Gasteiger partial charge in [0, 0.05) is 12.6 Å². The topological polar surface area (TPSA) is 35.5 Å². The second kappa shape index (κ2) is 5.28. The summed E-state index contributed by atoms with van der Waals surface area (Å²) in [7, 11) is 0. The second-order valence-electron chi connectivity index (χ2n) is 5.17. The molecule has 2 aliphatic heterocycles. The molecule has 1 unspecified atom stereocenters. The van der Waals surface area contributed by atoms with E-state index < -0.39 is 0 Å². The van der Waals surface area contributed by atoms with Crippen molar-refractivity contribution in [2.45, 2.75) is 44.8 Å². The van der Waals surface area contributed by atoms with E-state index in [1.165, 1.54) is 51.9 Å². The van der Waals surface area contributed by atoms with Gasteiger partial charge in [0.25, 0.3) is 0 Å². The third-order valence-corrected chi connectivity index (χ3v) is 3.96. The third kappa shape index (κ3) is 3.16. The van der Waals surface area contributed by atoms with Crippen LogP contribution in [-0.4, -0.2) is 48.3 Å². The highest BCUT2D eigenvalue weighted by Gasteiger charge is 2.24. The fourth-order valence-corrected chi connectivity index (χ4v) is 2.84. The van der Waals surface area contributed by atoms with Crippen molar-refractivity contribution >= 4 is 0 Å². The molecule has 0 amide bonds. The van der Waals surface area contributed by atoms with Crippen LogP contribution in [0.3, 0.4) is 0 Å². The summed E-state index contributed by atoms with van der Waals surface area (Å²) in [4.78, 5) is 2.56. The number of likely N-dealkylation sites (tertiary alicyclic amines) is 1. The molecule has 0 aliphatic carbocycles. The molecule has 0 bridgehead atoms. The van der Waals surface area contributed by atoms with Crippen molar-refractivity contribution < 1.29 is 5.11 Å². The minimum absolute atomic E-state index is 0.114. The summed E-state index contributed by atoms with van der Waals surface area (Å²) in [5.74, 6) is 0.540. The standard InChI is InChI=1S/C12H24N2O/c1-10(15)11-4-7-14(8-5-11)9-12-3-2-6-13-12/h10-13,15H,2-9H2,1H3/t10?,12-/m1/s1. The van der Waals surface area contributed by atoms with Crippen LogP contribution in [0.25, 0.3) is 0 Å². The monoisotopic (exact) mass is 212 g/mol. The predicted molar refractivity (Wildman–Crippen MR) is 61.9 cm³/mol. The maximum Gasteiger partial charge on any atom is 0.0541 e. The van der Waals surface area contributed by atoms with Gasteiger partial charge in [-0.05, 0) is 58.2 Å². The van der Waals surface area contributed by atoms with Crippen LogP contribution in [0, 0.1) is 5.92 Å². The predicted octanol–water partition coefficient (Wildman–Crippen LogP) is 0.831. The largest absolute Gasteiger partial charge is 0.393 e. The molecular weight excluding hydrogens is 188 g/mol. The van der Waals surface area contributed by atoms with E-state index in [1.807, 2.05) is 6.92 Å². The molecule has 2 fully saturated rings. The lowest BCUT2D eigenvalue weighted by Crippen LogP contribution is -2.43. The fraction of sp³-hybridized carbons (Fsp3) is 1.00. The molecule has 15 heavy (non-hydrogen) atoms. The number of rotatable bonds is 3. The van der Waals surface area contributed by atoms with E-state index in [0.717, 1.165) is 6.04 Å². The summed E-state index contributed by atoms with van der Waals surface area (Å²) in [6.45, 7) is 6.70. The Hall–Kier alpha value is -0.120. The number of aliphatic hydroxyl groups is 1. The van der Waals surface area contributed by atoms with E-state index in [1.54, 1.807) is 0 Å². The maximum atomic E-state index is 9.52. The highest BCUT2D eigenvalue weighted by Crippen LogP contribution is 2.21. The van der Waals surface area contributed by atoms with E-state index in [0.29, 0.717) is 5.92 Å². The SMILES string of the molecule is CC(O)C1CCN(C[C@H]2CCCN2)CC1. The van der Waals surface area contributed by atoms with Crippen LogP contribution >= 0.6 is 0 Å². The number of nitrogens with zero attached hydrogens (tertiary/aromatic N) is 1. The van der Waals surface area contributed by atoms with Gasteiger partial charge in [-0.2, -0.15) is 0 Å². The van der Waals surface area contributed by atoms with Crippen LogP contribution < -0.4 is 5.32 Å². The van der Waals surface area contributed by atoms with Crippen molar-refractivity contribution in [2.75, 3.05) is 26.2 Å². The smallest absolute Gasteiger partial charge is 0.0541 e. The Bertz CT molecular complexity index is 182. The normalized spacial score (nSPS) is 32.0. The molecular formula is C12H24N2O. The quantitative estimate of drug-likeness (QED) is 0.727. The van der Waals surface area contributed by atoms with E-state index in [9.17, 15) is 5.11 Å². The van der Waals surface area contributed by atoms with E-state index in [2.05, 4.69) is 10.2 Å². The number of piperidine rings is 1. The molecule has 3 nitrogen and oxygen atoms in total. The maximum absolute atomic E-state index is 9.52. The molecule has 0 aromatic rings. The van der Waals surface area contributed by atoms with Crippen molar-refractivity contribution in [1.82, 2.24) is 10.2 Å². The molecule has 2 atom stereocenters. The van der Waals surface area contributed by atoms with Crippen LogP contribution in [0.5, 0.6) is 0 Å². The van der Waals surface area contributed by atoms with Gasteiger partial charge in [0.1, 0.15) is 0 Å². The summed E-state index contributed by atoms with van der Waals surface area (Å²) in [5.41, 5.74) is 0. The molecule has 0 aromatic heterocycles. The average Bonchev–Trinajstić information content (AvgIpc) is 2.71. The molecule has 0 saturated carbocycles. The molecule has 0 aromatic carbocycles. The number of hydrogen-bond acceptors (Lipinski definition) is 3. The first-order valence-corrected chi connectivity index (χ1v) is 6.39. The molecule has 3 heteroatoms. The first-order valence-electron chi connectivity index (χ1n) is 6.39. The van der Waals surface area contributed by atoms with Gasteiger partial charge in [0.05, 0.1) is 6.10 Å². The van der Waals surface area contributed by atoms with Crippen LogP contribution in [-0.2, 0) is 0 Å². The molecule has 0 spiro atoms. The number of hydrogen-bond donors (Lipinski definition) is 2. The zero-order valence-corrected chi connectivity index (χ0v) is 9.78. The molecule has 2 saturated heterocycles. The zero-order chi connectivity index (χ0) is 10.7. The van der Waals surface area contributed by atoms with Gasteiger partial charge in [0.2, 0.25) is 0 Å². The highest BCUT2D eigenvalue weighted by atomic mass is 16.3. The second-order valence-corrected chi connectivity index (χ2v) is 5.17. The summed E-state index contributed by atoms with van der Waals surface area (Å²) >= 11 is 0. The number of aliphatic hydroxyl groups excluding tert-OH is 1. The van der Waals surface area contributed by atoms with Crippen molar-refractivity contribution in [2.24, 2.45) is 5.92 Å². The van der Waals surface area contributed by atoms with E-state index in [-0.39, 0.29) is 6.10 Å². The lowest BCUT2D eigenvalue weighted by Gasteiger charge is -2.34. The Morgan fingerprint density at radius 2 is 2.07 bits per heavy atom. The van der Waals surface area contributed by atoms with Crippen LogP contribution in [0.2, 0.25) is 0 Å². The summed E-state index contributed by atoms with van der Waals surface area (Å²) in [6, 6.07) is 0.730. The zero-order valence-electron chi connectivity index (χ0n) is 9.78. The lowest BCUT2D eigenvalue weighted by molar-refractivity contribution is 0.0693. The first-order chi connectivity index (χ1) is 7.25. The van der Waals surface area contributed by atoms with Crippen molar-refractivity contribution in [3.63, 3.8) is 0 Å². The minimum Gasteiger partial charge on any atom is -0.393 e. The molecule has 2 aliphatic rings. The Morgan fingerprint density at radius 1 is 1.33 bits per heavy atom. The van der Waals surface area contributed by atoms with E-state index in [4.69, 9.17) is 0 Å². The van der Waals surface area contributed by atoms with Gasteiger partial charge >= 0.3 is 0 Å².